The molecule has 0 bridgehead atoms. The summed E-state index contributed by atoms with van der Waals surface area (Å²) in [6.45, 7) is 1.50. The molecule has 0 aromatic heterocycles. The number of nitrogens with one attached hydrogen (secondary N) is 1. The van der Waals surface area contributed by atoms with Gasteiger partial charge in [-0.25, -0.2) is 17.9 Å². The molecule has 17 heavy (non-hydrogen) atoms. The standard InChI is InChI=1S/C10H13FN2O3S/c11-9-5-8(17(12,14)15)1-2-10(9)16-7-3-4-13-6-7/h1-2,5,7,13H,3-4,6H2,(H2,12,14,15). The number of rotatable bonds is 3. The molecule has 1 aromatic rings. The SMILES string of the molecule is NS(=O)(=O)c1ccc(OC2CCNC2)c(F)c1. The first kappa shape index (κ1) is 12.3. The van der Waals surface area contributed by atoms with E-state index in [0.717, 1.165) is 19.0 Å². The molecule has 1 aromatic carbocycles. The molecule has 0 aliphatic carbocycles. The zero-order valence-electron chi connectivity index (χ0n) is 9.02. The summed E-state index contributed by atoms with van der Waals surface area (Å²) in [6.07, 6.45) is 0.723. The van der Waals surface area contributed by atoms with Crippen LogP contribution in [0.5, 0.6) is 5.75 Å². The second kappa shape index (κ2) is 4.59. The number of nitrogens with two attached hydrogens (primary N) is 1. The van der Waals surface area contributed by atoms with E-state index in [1.165, 1.54) is 12.1 Å². The van der Waals surface area contributed by atoms with Crippen LogP contribution in [-0.2, 0) is 10.0 Å². The third-order valence-electron chi connectivity index (χ3n) is 2.54. The maximum absolute atomic E-state index is 13.6. The molecular weight excluding hydrogens is 247 g/mol. The summed E-state index contributed by atoms with van der Waals surface area (Å²) in [5, 5.41) is 7.98. The fourth-order valence-electron chi connectivity index (χ4n) is 1.66. The molecule has 0 amide bonds. The van der Waals surface area contributed by atoms with E-state index in [2.05, 4.69) is 5.32 Å². The lowest BCUT2D eigenvalue weighted by atomic mass is 10.3. The number of halogens is 1. The van der Waals surface area contributed by atoms with Gasteiger partial charge in [-0.1, -0.05) is 0 Å². The third kappa shape index (κ3) is 2.93. The summed E-state index contributed by atoms with van der Waals surface area (Å²) >= 11 is 0. The minimum absolute atomic E-state index is 0.0473. The molecule has 94 valence electrons. The maximum Gasteiger partial charge on any atom is 0.238 e. The average Bonchev–Trinajstić information content (AvgIpc) is 2.72. The van der Waals surface area contributed by atoms with Crippen molar-refractivity contribution in [2.75, 3.05) is 13.1 Å². The van der Waals surface area contributed by atoms with Crippen LogP contribution >= 0.6 is 0 Å². The van der Waals surface area contributed by atoms with Gasteiger partial charge in [0.2, 0.25) is 10.0 Å². The second-order valence-electron chi connectivity index (χ2n) is 3.87. The lowest BCUT2D eigenvalue weighted by Crippen LogP contribution is -2.20. The highest BCUT2D eigenvalue weighted by molar-refractivity contribution is 7.89. The molecule has 1 atom stereocenters. The second-order valence-corrected chi connectivity index (χ2v) is 5.43. The molecule has 1 unspecified atom stereocenters. The van der Waals surface area contributed by atoms with Gasteiger partial charge in [0, 0.05) is 6.54 Å². The number of ether oxygens (including phenoxy) is 1. The largest absolute Gasteiger partial charge is 0.486 e. The predicted molar refractivity (Wildman–Crippen MR) is 59.7 cm³/mol. The van der Waals surface area contributed by atoms with Crippen LogP contribution < -0.4 is 15.2 Å². The number of sulfonamides is 1. The van der Waals surface area contributed by atoms with Gasteiger partial charge in [-0.05, 0) is 31.2 Å². The number of hydrogen-bond acceptors (Lipinski definition) is 4. The van der Waals surface area contributed by atoms with Crippen LogP contribution in [0, 0.1) is 5.82 Å². The van der Waals surface area contributed by atoms with Gasteiger partial charge in [0.15, 0.2) is 11.6 Å². The Morgan fingerprint density at radius 3 is 2.76 bits per heavy atom. The molecule has 1 fully saturated rings. The van der Waals surface area contributed by atoms with Crippen molar-refractivity contribution in [3.05, 3.63) is 24.0 Å². The molecule has 3 N–H and O–H groups in total. The van der Waals surface area contributed by atoms with Gasteiger partial charge < -0.3 is 10.1 Å². The van der Waals surface area contributed by atoms with Crippen LogP contribution in [0.1, 0.15) is 6.42 Å². The highest BCUT2D eigenvalue weighted by atomic mass is 32.2. The van der Waals surface area contributed by atoms with E-state index < -0.39 is 15.8 Å². The van der Waals surface area contributed by atoms with Gasteiger partial charge >= 0.3 is 0 Å². The van der Waals surface area contributed by atoms with Gasteiger partial charge in [0.25, 0.3) is 0 Å². The Hall–Kier alpha value is -1.18. The molecule has 0 spiro atoms. The number of primary sulfonamides is 1. The summed E-state index contributed by atoms with van der Waals surface area (Å²) in [5.74, 6) is -0.672. The molecule has 1 aliphatic heterocycles. The van der Waals surface area contributed by atoms with E-state index >= 15 is 0 Å². The summed E-state index contributed by atoms with van der Waals surface area (Å²) in [5.41, 5.74) is 0. The maximum atomic E-state index is 13.6. The first-order chi connectivity index (χ1) is 7.97. The number of hydrogen-bond donors (Lipinski definition) is 2. The van der Waals surface area contributed by atoms with Crippen LogP contribution in [0.25, 0.3) is 0 Å². The Kier molecular flexibility index (Phi) is 3.32. The molecule has 0 radical (unpaired) electrons. The van der Waals surface area contributed by atoms with Gasteiger partial charge in [0.1, 0.15) is 6.10 Å². The van der Waals surface area contributed by atoms with E-state index in [1.807, 2.05) is 0 Å². The predicted octanol–water partition coefficient (Wildman–Crippen LogP) is 0.214. The summed E-state index contributed by atoms with van der Waals surface area (Å²) < 4.78 is 41.0. The van der Waals surface area contributed by atoms with Crippen molar-refractivity contribution in [1.82, 2.24) is 5.32 Å². The Labute approximate surface area is 98.8 Å². The van der Waals surface area contributed by atoms with Crippen LogP contribution in [0.3, 0.4) is 0 Å². The van der Waals surface area contributed by atoms with Crippen LogP contribution in [0.15, 0.2) is 23.1 Å². The Bertz CT molecular complexity index is 512. The van der Waals surface area contributed by atoms with E-state index in [0.29, 0.717) is 6.54 Å². The molecule has 2 rings (SSSR count). The average molecular weight is 260 g/mol. The van der Waals surface area contributed by atoms with E-state index in [4.69, 9.17) is 9.88 Å². The highest BCUT2D eigenvalue weighted by Gasteiger charge is 2.19. The van der Waals surface area contributed by atoms with Crippen molar-refractivity contribution in [3.8, 4) is 5.75 Å². The molecule has 1 saturated heterocycles. The molecule has 7 heteroatoms. The minimum atomic E-state index is -3.88. The van der Waals surface area contributed by atoms with Crippen molar-refractivity contribution in [1.29, 1.82) is 0 Å². The van der Waals surface area contributed by atoms with Crippen LogP contribution in [0.2, 0.25) is 0 Å². The van der Waals surface area contributed by atoms with Crippen molar-refractivity contribution in [3.63, 3.8) is 0 Å². The molecule has 0 saturated carbocycles. The summed E-state index contributed by atoms with van der Waals surface area (Å²) in [4.78, 5) is -0.258. The molecular formula is C10H13FN2O3S. The topological polar surface area (TPSA) is 81.4 Å². The normalized spacial score (nSPS) is 20.5. The number of benzene rings is 1. The molecule has 1 aliphatic rings. The fraction of sp³-hybridized carbons (Fsp3) is 0.400. The Morgan fingerprint density at radius 1 is 1.47 bits per heavy atom. The van der Waals surface area contributed by atoms with Crippen molar-refractivity contribution >= 4 is 10.0 Å². The summed E-state index contributed by atoms with van der Waals surface area (Å²) in [7, 11) is -3.88. The van der Waals surface area contributed by atoms with Gasteiger partial charge in [0.05, 0.1) is 4.90 Å². The third-order valence-corrected chi connectivity index (χ3v) is 3.45. The Morgan fingerprint density at radius 2 is 2.24 bits per heavy atom. The lowest BCUT2D eigenvalue weighted by molar-refractivity contribution is 0.213. The van der Waals surface area contributed by atoms with Crippen molar-refractivity contribution < 1.29 is 17.5 Å². The van der Waals surface area contributed by atoms with Crippen LogP contribution in [-0.4, -0.2) is 27.6 Å². The van der Waals surface area contributed by atoms with Gasteiger partial charge in [-0.2, -0.15) is 0 Å². The summed E-state index contributed by atoms with van der Waals surface area (Å²) in [6, 6.07) is 3.39. The highest BCUT2D eigenvalue weighted by Crippen LogP contribution is 2.22. The fourth-order valence-corrected chi connectivity index (χ4v) is 2.19. The van der Waals surface area contributed by atoms with E-state index in [-0.39, 0.29) is 16.7 Å². The van der Waals surface area contributed by atoms with Crippen LogP contribution in [0.4, 0.5) is 4.39 Å². The molecule has 5 nitrogen and oxygen atoms in total. The minimum Gasteiger partial charge on any atom is -0.486 e. The van der Waals surface area contributed by atoms with Gasteiger partial charge in [-0.15, -0.1) is 0 Å². The molecule has 1 heterocycles. The first-order valence-electron chi connectivity index (χ1n) is 5.16. The zero-order chi connectivity index (χ0) is 12.5. The monoisotopic (exact) mass is 260 g/mol. The van der Waals surface area contributed by atoms with Crippen molar-refractivity contribution in [2.24, 2.45) is 5.14 Å². The first-order valence-corrected chi connectivity index (χ1v) is 6.71. The van der Waals surface area contributed by atoms with E-state index in [9.17, 15) is 12.8 Å². The Balaban J connectivity index is 2.19. The smallest absolute Gasteiger partial charge is 0.238 e. The van der Waals surface area contributed by atoms with Crippen molar-refractivity contribution in [2.45, 2.75) is 17.4 Å². The zero-order valence-corrected chi connectivity index (χ0v) is 9.84. The lowest BCUT2D eigenvalue weighted by Gasteiger charge is -2.13. The van der Waals surface area contributed by atoms with E-state index in [1.54, 1.807) is 0 Å². The van der Waals surface area contributed by atoms with Gasteiger partial charge in [-0.3, -0.25) is 0 Å². The quantitative estimate of drug-likeness (QED) is 0.814.